The summed E-state index contributed by atoms with van der Waals surface area (Å²) in [6.07, 6.45) is 3.98. The average Bonchev–Trinajstić information content (AvgIpc) is 2.48. The molecule has 1 saturated carbocycles. The SMILES string of the molecule is CNCC1CCC(C)(C)CC1c1cccc2ccccc12. The minimum atomic E-state index is 0.464. The molecule has 1 heteroatoms. The van der Waals surface area contributed by atoms with E-state index >= 15 is 0 Å². The van der Waals surface area contributed by atoms with Crippen molar-refractivity contribution in [3.05, 3.63) is 48.0 Å². The van der Waals surface area contributed by atoms with Gasteiger partial charge in [0.25, 0.3) is 0 Å². The molecule has 21 heavy (non-hydrogen) atoms. The summed E-state index contributed by atoms with van der Waals surface area (Å²) in [5.74, 6) is 1.43. The van der Waals surface area contributed by atoms with Crippen LogP contribution in [-0.2, 0) is 0 Å². The summed E-state index contributed by atoms with van der Waals surface area (Å²) in [5.41, 5.74) is 2.02. The number of hydrogen-bond donors (Lipinski definition) is 1. The second kappa shape index (κ2) is 5.81. The van der Waals surface area contributed by atoms with E-state index in [9.17, 15) is 0 Å². The van der Waals surface area contributed by atoms with Crippen molar-refractivity contribution in [3.63, 3.8) is 0 Å². The van der Waals surface area contributed by atoms with Crippen LogP contribution in [0.4, 0.5) is 0 Å². The monoisotopic (exact) mass is 281 g/mol. The quantitative estimate of drug-likeness (QED) is 0.837. The van der Waals surface area contributed by atoms with E-state index in [0.29, 0.717) is 11.3 Å². The molecule has 0 radical (unpaired) electrons. The minimum absolute atomic E-state index is 0.464. The van der Waals surface area contributed by atoms with Crippen molar-refractivity contribution in [1.29, 1.82) is 0 Å². The van der Waals surface area contributed by atoms with Gasteiger partial charge in [-0.3, -0.25) is 0 Å². The number of nitrogens with one attached hydrogen (secondary N) is 1. The van der Waals surface area contributed by atoms with E-state index in [-0.39, 0.29) is 0 Å². The van der Waals surface area contributed by atoms with Crippen molar-refractivity contribution in [2.45, 2.75) is 39.0 Å². The normalized spacial score (nSPS) is 25.1. The van der Waals surface area contributed by atoms with Crippen LogP contribution < -0.4 is 5.32 Å². The maximum absolute atomic E-state index is 3.41. The molecule has 1 aliphatic carbocycles. The van der Waals surface area contributed by atoms with E-state index in [0.717, 1.165) is 12.5 Å². The fraction of sp³-hybridized carbons (Fsp3) is 0.500. The molecule has 2 unspecified atom stereocenters. The Kier molecular flexibility index (Phi) is 4.03. The summed E-state index contributed by atoms with van der Waals surface area (Å²) in [6.45, 7) is 5.99. The molecule has 0 spiro atoms. The number of hydrogen-bond acceptors (Lipinski definition) is 1. The lowest BCUT2D eigenvalue weighted by Crippen LogP contribution is -2.33. The standard InChI is InChI=1S/C20H27N/c1-20(2)12-11-16(14-21-3)19(13-20)18-10-6-8-15-7-4-5-9-17(15)18/h4-10,16,19,21H,11-14H2,1-3H3. The van der Waals surface area contributed by atoms with E-state index in [2.05, 4.69) is 68.7 Å². The molecule has 0 heterocycles. The Labute approximate surface area is 128 Å². The third kappa shape index (κ3) is 2.98. The molecule has 0 aliphatic heterocycles. The Hall–Kier alpha value is -1.34. The Morgan fingerprint density at radius 1 is 1.10 bits per heavy atom. The molecular formula is C20H27N. The Morgan fingerprint density at radius 2 is 1.86 bits per heavy atom. The van der Waals surface area contributed by atoms with Gasteiger partial charge in [-0.1, -0.05) is 56.3 Å². The molecule has 3 rings (SSSR count). The summed E-state index contributed by atoms with van der Waals surface area (Å²) in [6, 6.07) is 15.7. The zero-order chi connectivity index (χ0) is 14.9. The molecule has 0 aromatic heterocycles. The molecule has 2 atom stereocenters. The molecule has 2 aromatic rings. The van der Waals surface area contributed by atoms with Crippen LogP contribution in [0.5, 0.6) is 0 Å². The lowest BCUT2D eigenvalue weighted by Gasteiger charge is -2.41. The van der Waals surface area contributed by atoms with E-state index < -0.39 is 0 Å². The first kappa shape index (κ1) is 14.6. The lowest BCUT2D eigenvalue weighted by atomic mass is 9.64. The van der Waals surface area contributed by atoms with Gasteiger partial charge in [-0.2, -0.15) is 0 Å². The molecule has 112 valence electrons. The van der Waals surface area contributed by atoms with Gasteiger partial charge in [-0.05, 0) is 66.4 Å². The first-order chi connectivity index (χ1) is 10.1. The van der Waals surface area contributed by atoms with Gasteiger partial charge in [0, 0.05) is 0 Å². The van der Waals surface area contributed by atoms with Crippen LogP contribution in [0, 0.1) is 11.3 Å². The van der Waals surface area contributed by atoms with Gasteiger partial charge in [0.05, 0.1) is 0 Å². The van der Waals surface area contributed by atoms with Crippen molar-refractivity contribution in [2.75, 3.05) is 13.6 Å². The maximum Gasteiger partial charge on any atom is -0.00177 e. The second-order valence-electron chi connectivity index (χ2n) is 7.40. The van der Waals surface area contributed by atoms with E-state index in [1.165, 1.54) is 30.0 Å². The number of fused-ring (bicyclic) bond motifs is 1. The molecule has 0 amide bonds. The molecular weight excluding hydrogens is 254 g/mol. The van der Waals surface area contributed by atoms with Crippen molar-refractivity contribution >= 4 is 10.8 Å². The van der Waals surface area contributed by atoms with Crippen LogP contribution in [-0.4, -0.2) is 13.6 Å². The second-order valence-corrected chi connectivity index (χ2v) is 7.40. The smallest absolute Gasteiger partial charge is 0.00177 e. The highest BCUT2D eigenvalue weighted by atomic mass is 14.8. The lowest BCUT2D eigenvalue weighted by molar-refractivity contribution is 0.162. The van der Waals surface area contributed by atoms with Crippen LogP contribution >= 0.6 is 0 Å². The van der Waals surface area contributed by atoms with Crippen LogP contribution in [0.25, 0.3) is 10.8 Å². The molecule has 1 N–H and O–H groups in total. The average molecular weight is 281 g/mol. The van der Waals surface area contributed by atoms with E-state index in [4.69, 9.17) is 0 Å². The van der Waals surface area contributed by atoms with Crippen molar-refractivity contribution in [2.24, 2.45) is 11.3 Å². The van der Waals surface area contributed by atoms with E-state index in [1.54, 1.807) is 5.56 Å². The molecule has 0 bridgehead atoms. The molecule has 0 saturated heterocycles. The van der Waals surface area contributed by atoms with Crippen LogP contribution in [0.1, 0.15) is 44.6 Å². The summed E-state index contributed by atoms with van der Waals surface area (Å²) >= 11 is 0. The Bertz CT molecular complexity index is 609. The van der Waals surface area contributed by atoms with Crippen LogP contribution in [0.3, 0.4) is 0 Å². The molecule has 1 fully saturated rings. The van der Waals surface area contributed by atoms with Crippen molar-refractivity contribution in [1.82, 2.24) is 5.32 Å². The largest absolute Gasteiger partial charge is 0.319 e. The van der Waals surface area contributed by atoms with Crippen LogP contribution in [0.15, 0.2) is 42.5 Å². The zero-order valence-electron chi connectivity index (χ0n) is 13.5. The van der Waals surface area contributed by atoms with Crippen LogP contribution in [0.2, 0.25) is 0 Å². The fourth-order valence-electron chi connectivity index (χ4n) is 4.09. The highest BCUT2D eigenvalue weighted by Crippen LogP contribution is 2.47. The summed E-state index contributed by atoms with van der Waals surface area (Å²) < 4.78 is 0. The summed E-state index contributed by atoms with van der Waals surface area (Å²) in [4.78, 5) is 0. The first-order valence-corrected chi connectivity index (χ1v) is 8.23. The Balaban J connectivity index is 2.04. The molecule has 1 aliphatic rings. The molecule has 1 nitrogen and oxygen atoms in total. The van der Waals surface area contributed by atoms with Gasteiger partial charge in [0.2, 0.25) is 0 Å². The van der Waals surface area contributed by atoms with Gasteiger partial charge >= 0.3 is 0 Å². The topological polar surface area (TPSA) is 12.0 Å². The first-order valence-electron chi connectivity index (χ1n) is 8.23. The zero-order valence-corrected chi connectivity index (χ0v) is 13.5. The van der Waals surface area contributed by atoms with Gasteiger partial charge in [0.15, 0.2) is 0 Å². The van der Waals surface area contributed by atoms with Gasteiger partial charge in [0.1, 0.15) is 0 Å². The summed E-state index contributed by atoms with van der Waals surface area (Å²) in [5, 5.41) is 6.24. The maximum atomic E-state index is 3.41. The van der Waals surface area contributed by atoms with Gasteiger partial charge in [-0.15, -0.1) is 0 Å². The summed E-state index contributed by atoms with van der Waals surface area (Å²) in [7, 11) is 2.08. The van der Waals surface area contributed by atoms with Gasteiger partial charge in [-0.25, -0.2) is 0 Å². The predicted molar refractivity (Wildman–Crippen MR) is 91.7 cm³/mol. The van der Waals surface area contributed by atoms with E-state index in [1.807, 2.05) is 0 Å². The Morgan fingerprint density at radius 3 is 2.67 bits per heavy atom. The molecule has 2 aromatic carbocycles. The van der Waals surface area contributed by atoms with Crippen molar-refractivity contribution in [3.8, 4) is 0 Å². The van der Waals surface area contributed by atoms with Crippen molar-refractivity contribution < 1.29 is 0 Å². The number of benzene rings is 2. The third-order valence-corrected chi connectivity index (χ3v) is 5.22. The highest BCUT2D eigenvalue weighted by molar-refractivity contribution is 5.86. The third-order valence-electron chi connectivity index (χ3n) is 5.22. The minimum Gasteiger partial charge on any atom is -0.319 e. The van der Waals surface area contributed by atoms with Gasteiger partial charge < -0.3 is 5.32 Å². The highest BCUT2D eigenvalue weighted by Gasteiger charge is 2.35. The fourth-order valence-corrected chi connectivity index (χ4v) is 4.09. The predicted octanol–water partition coefficient (Wildman–Crippen LogP) is 4.97. The number of rotatable bonds is 3.